The molecule has 0 fully saturated rings. The molecule has 0 radical (unpaired) electrons. The Balaban J connectivity index is 2.47. The number of carbonyl (C=O) groups excluding carboxylic acids is 1. The Morgan fingerprint density at radius 3 is 2.88 bits per heavy atom. The summed E-state index contributed by atoms with van der Waals surface area (Å²) >= 11 is 0. The lowest BCUT2D eigenvalue weighted by Gasteiger charge is -2.02. The molecule has 0 aliphatic rings. The highest BCUT2D eigenvalue weighted by atomic mass is 16.5. The molecule has 4 nitrogen and oxygen atoms in total. The van der Waals surface area contributed by atoms with Gasteiger partial charge in [-0.2, -0.15) is 0 Å². The van der Waals surface area contributed by atoms with Gasteiger partial charge in [-0.25, -0.2) is 9.78 Å². The van der Waals surface area contributed by atoms with Gasteiger partial charge in [0.15, 0.2) is 5.69 Å². The van der Waals surface area contributed by atoms with Crippen LogP contribution in [0.4, 0.5) is 0 Å². The molecule has 1 aromatic heterocycles. The van der Waals surface area contributed by atoms with Gasteiger partial charge in [-0.1, -0.05) is 26.2 Å². The first-order valence-electron chi connectivity index (χ1n) is 5.99. The van der Waals surface area contributed by atoms with E-state index in [0.717, 1.165) is 18.5 Å². The number of nitrogens with one attached hydrogen (secondary N) is 1. The number of carbonyl (C=O) groups is 1. The van der Waals surface area contributed by atoms with E-state index in [0.29, 0.717) is 12.3 Å². The molecule has 1 rings (SSSR count). The molecule has 0 aliphatic carbocycles. The smallest absolute Gasteiger partial charge is 0.358 e. The molecule has 0 amide bonds. The lowest BCUT2D eigenvalue weighted by Crippen LogP contribution is -2.08. The molecule has 0 bridgehead atoms. The van der Waals surface area contributed by atoms with Gasteiger partial charge in [-0.05, 0) is 19.8 Å². The summed E-state index contributed by atoms with van der Waals surface area (Å²) < 4.78 is 4.93. The molecule has 16 heavy (non-hydrogen) atoms. The maximum absolute atomic E-state index is 11.5. The van der Waals surface area contributed by atoms with Crippen molar-refractivity contribution in [2.24, 2.45) is 0 Å². The van der Waals surface area contributed by atoms with Crippen LogP contribution in [0.3, 0.4) is 0 Å². The number of aromatic amines is 1. The molecule has 90 valence electrons. The van der Waals surface area contributed by atoms with Crippen molar-refractivity contribution in [2.45, 2.75) is 46.0 Å². The van der Waals surface area contributed by atoms with Crippen LogP contribution in [0.5, 0.6) is 0 Å². The lowest BCUT2D eigenvalue weighted by atomic mass is 10.1. The van der Waals surface area contributed by atoms with E-state index in [1.165, 1.54) is 19.3 Å². The third-order valence-electron chi connectivity index (χ3n) is 2.47. The highest BCUT2D eigenvalue weighted by Crippen LogP contribution is 2.10. The number of aryl methyl sites for hydroxylation is 1. The predicted octanol–water partition coefficient (Wildman–Crippen LogP) is 2.71. The fourth-order valence-electron chi connectivity index (χ4n) is 1.62. The third kappa shape index (κ3) is 3.68. The van der Waals surface area contributed by atoms with Crippen LogP contribution in [0, 0.1) is 0 Å². The Morgan fingerprint density at radius 2 is 2.19 bits per heavy atom. The SMILES string of the molecule is CCCCCCc1[nH]cnc1C(=O)OCC. The van der Waals surface area contributed by atoms with Gasteiger partial charge in [0.25, 0.3) is 0 Å². The highest BCUT2D eigenvalue weighted by Gasteiger charge is 2.14. The van der Waals surface area contributed by atoms with Crippen LogP contribution in [0.15, 0.2) is 6.33 Å². The van der Waals surface area contributed by atoms with Crippen molar-refractivity contribution in [2.75, 3.05) is 6.61 Å². The molecule has 0 unspecified atom stereocenters. The summed E-state index contributed by atoms with van der Waals surface area (Å²) in [6, 6.07) is 0. The Bertz CT molecular complexity index is 321. The second kappa shape index (κ2) is 7.04. The van der Waals surface area contributed by atoms with Gasteiger partial charge in [0.2, 0.25) is 0 Å². The van der Waals surface area contributed by atoms with E-state index < -0.39 is 0 Å². The number of hydrogen-bond acceptors (Lipinski definition) is 3. The zero-order valence-corrected chi connectivity index (χ0v) is 10.1. The van der Waals surface area contributed by atoms with E-state index in [9.17, 15) is 4.79 Å². The second-order valence-electron chi connectivity index (χ2n) is 3.76. The topological polar surface area (TPSA) is 55.0 Å². The van der Waals surface area contributed by atoms with Crippen LogP contribution in [0.25, 0.3) is 0 Å². The minimum absolute atomic E-state index is 0.325. The molecule has 0 saturated carbocycles. The minimum Gasteiger partial charge on any atom is -0.461 e. The summed E-state index contributed by atoms with van der Waals surface area (Å²) in [5, 5.41) is 0. The number of imidazole rings is 1. The predicted molar refractivity (Wildman–Crippen MR) is 62.4 cm³/mol. The maximum Gasteiger partial charge on any atom is 0.358 e. The molecule has 0 atom stereocenters. The summed E-state index contributed by atoms with van der Waals surface area (Å²) in [6.07, 6.45) is 7.16. The summed E-state index contributed by atoms with van der Waals surface area (Å²) in [5.41, 5.74) is 1.34. The zero-order chi connectivity index (χ0) is 11.8. The standard InChI is InChI=1S/C12H20N2O2/c1-3-5-6-7-8-10-11(14-9-13-10)12(15)16-4-2/h9H,3-8H2,1-2H3,(H,13,14). The largest absolute Gasteiger partial charge is 0.461 e. The Kier molecular flexibility index (Phi) is 5.61. The maximum atomic E-state index is 11.5. The van der Waals surface area contributed by atoms with Crippen molar-refractivity contribution >= 4 is 5.97 Å². The number of nitrogens with zero attached hydrogens (tertiary/aromatic N) is 1. The van der Waals surface area contributed by atoms with Crippen LogP contribution in [-0.4, -0.2) is 22.5 Å². The Hall–Kier alpha value is -1.32. The van der Waals surface area contributed by atoms with Gasteiger partial charge < -0.3 is 9.72 Å². The number of ether oxygens (including phenoxy) is 1. The second-order valence-corrected chi connectivity index (χ2v) is 3.76. The number of rotatable bonds is 7. The van der Waals surface area contributed by atoms with Gasteiger partial charge in [-0.15, -0.1) is 0 Å². The van der Waals surface area contributed by atoms with Crippen molar-refractivity contribution in [1.82, 2.24) is 9.97 Å². The van der Waals surface area contributed by atoms with E-state index in [-0.39, 0.29) is 5.97 Å². The lowest BCUT2D eigenvalue weighted by molar-refractivity contribution is 0.0518. The molecule has 4 heteroatoms. The van der Waals surface area contributed by atoms with E-state index in [1.807, 2.05) is 0 Å². The molecular formula is C12H20N2O2. The van der Waals surface area contributed by atoms with Crippen molar-refractivity contribution in [3.05, 3.63) is 17.7 Å². The number of esters is 1. The van der Waals surface area contributed by atoms with Crippen molar-refractivity contribution in [3.8, 4) is 0 Å². The van der Waals surface area contributed by atoms with E-state index in [4.69, 9.17) is 4.74 Å². The summed E-state index contributed by atoms with van der Waals surface area (Å²) in [7, 11) is 0. The molecule has 1 N–H and O–H groups in total. The average molecular weight is 224 g/mol. The molecule has 1 heterocycles. The summed E-state index contributed by atoms with van der Waals surface area (Å²) in [4.78, 5) is 18.5. The van der Waals surface area contributed by atoms with Gasteiger partial charge in [0.1, 0.15) is 0 Å². The third-order valence-corrected chi connectivity index (χ3v) is 2.47. The van der Waals surface area contributed by atoms with E-state index in [1.54, 1.807) is 13.3 Å². The van der Waals surface area contributed by atoms with Gasteiger partial charge in [-0.3, -0.25) is 0 Å². The minimum atomic E-state index is -0.325. The monoisotopic (exact) mass is 224 g/mol. The first-order chi connectivity index (χ1) is 7.79. The van der Waals surface area contributed by atoms with E-state index in [2.05, 4.69) is 16.9 Å². The number of hydrogen-bond donors (Lipinski definition) is 1. The van der Waals surface area contributed by atoms with Gasteiger partial charge in [0.05, 0.1) is 12.9 Å². The molecular weight excluding hydrogens is 204 g/mol. The van der Waals surface area contributed by atoms with Crippen molar-refractivity contribution in [1.29, 1.82) is 0 Å². The molecule has 0 saturated heterocycles. The molecule has 1 aromatic rings. The van der Waals surface area contributed by atoms with Crippen LogP contribution in [-0.2, 0) is 11.2 Å². The normalized spacial score (nSPS) is 10.4. The van der Waals surface area contributed by atoms with Crippen LogP contribution in [0.2, 0.25) is 0 Å². The fourth-order valence-corrected chi connectivity index (χ4v) is 1.62. The van der Waals surface area contributed by atoms with Crippen LogP contribution < -0.4 is 0 Å². The van der Waals surface area contributed by atoms with E-state index >= 15 is 0 Å². The molecule has 0 aromatic carbocycles. The first kappa shape index (κ1) is 12.7. The number of aromatic nitrogens is 2. The average Bonchev–Trinajstić information content (AvgIpc) is 2.73. The van der Waals surface area contributed by atoms with Gasteiger partial charge in [0, 0.05) is 5.69 Å². The molecule has 0 aliphatic heterocycles. The fraction of sp³-hybridized carbons (Fsp3) is 0.667. The first-order valence-corrected chi connectivity index (χ1v) is 5.99. The summed E-state index contributed by atoms with van der Waals surface area (Å²) in [5.74, 6) is -0.325. The zero-order valence-electron chi connectivity index (χ0n) is 10.1. The quantitative estimate of drug-likeness (QED) is 0.572. The Labute approximate surface area is 96.4 Å². The molecule has 0 spiro atoms. The van der Waals surface area contributed by atoms with Crippen molar-refractivity contribution < 1.29 is 9.53 Å². The Morgan fingerprint density at radius 1 is 1.38 bits per heavy atom. The van der Waals surface area contributed by atoms with Crippen LogP contribution >= 0.6 is 0 Å². The van der Waals surface area contributed by atoms with Crippen LogP contribution in [0.1, 0.15) is 55.7 Å². The number of H-pyrrole nitrogens is 1. The highest BCUT2D eigenvalue weighted by molar-refractivity contribution is 5.88. The van der Waals surface area contributed by atoms with Crippen molar-refractivity contribution in [3.63, 3.8) is 0 Å². The van der Waals surface area contributed by atoms with Gasteiger partial charge >= 0.3 is 5.97 Å². The summed E-state index contributed by atoms with van der Waals surface area (Å²) in [6.45, 7) is 4.37. The number of unbranched alkanes of at least 4 members (excludes halogenated alkanes) is 3.